The zero-order chi connectivity index (χ0) is 20.9. The number of halogens is 5. The summed E-state index contributed by atoms with van der Waals surface area (Å²) in [6, 6.07) is 5.13. The minimum Gasteiger partial charge on any atom is -0.420 e. The Bertz CT molecular complexity index is 739. The second kappa shape index (κ2) is 9.13. The van der Waals surface area contributed by atoms with Crippen molar-refractivity contribution < 1.29 is 31.4 Å². The molecule has 4 nitrogen and oxygen atoms in total. The molecule has 2 atom stereocenters. The van der Waals surface area contributed by atoms with E-state index in [0.717, 1.165) is 12.1 Å². The third-order valence-corrected chi connectivity index (χ3v) is 5.55. The predicted molar refractivity (Wildman–Crippen MR) is 97.4 cm³/mol. The number of hydrogen-bond donors (Lipinski definition) is 1. The van der Waals surface area contributed by atoms with Gasteiger partial charge in [0.15, 0.2) is 5.88 Å². The number of nitrogens with zero attached hydrogens (tertiary/aromatic N) is 1. The first-order valence-electron chi connectivity index (χ1n) is 8.39. The summed E-state index contributed by atoms with van der Waals surface area (Å²) in [5, 5.41) is 0. The van der Waals surface area contributed by atoms with Crippen LogP contribution < -0.4 is 5.73 Å². The van der Waals surface area contributed by atoms with E-state index in [2.05, 4.69) is 9.73 Å². The Balaban J connectivity index is 2.15. The first-order chi connectivity index (χ1) is 13.0. The molecule has 0 aliphatic carbocycles. The van der Waals surface area contributed by atoms with E-state index in [1.54, 1.807) is 6.07 Å². The Labute approximate surface area is 164 Å². The number of aliphatic imine (C=N–C) groups is 1. The summed E-state index contributed by atoms with van der Waals surface area (Å²) in [5.41, 5.74) is 5.04. The normalized spacial score (nSPS) is 24.5. The van der Waals surface area contributed by atoms with E-state index < -0.39 is 35.1 Å². The van der Waals surface area contributed by atoms with Crippen LogP contribution in [0, 0.1) is 0 Å². The second-order valence-corrected chi connectivity index (χ2v) is 8.13. The van der Waals surface area contributed by atoms with Crippen LogP contribution in [0.2, 0.25) is 0 Å². The van der Waals surface area contributed by atoms with E-state index in [4.69, 9.17) is 10.5 Å². The number of nitrogens with two attached hydrogens (primary N) is 1. The predicted octanol–water partition coefficient (Wildman–Crippen LogP) is 4.85. The van der Waals surface area contributed by atoms with Crippen LogP contribution in [0.15, 0.2) is 46.1 Å². The van der Waals surface area contributed by atoms with Crippen LogP contribution in [0.25, 0.3) is 0 Å². The fourth-order valence-electron chi connectivity index (χ4n) is 2.86. The maximum atomic E-state index is 12.9. The van der Waals surface area contributed by atoms with E-state index in [9.17, 15) is 22.0 Å². The van der Waals surface area contributed by atoms with Crippen molar-refractivity contribution in [3.8, 4) is 0 Å². The second-order valence-electron chi connectivity index (χ2n) is 6.46. The Morgan fingerprint density at radius 2 is 2.14 bits per heavy atom. The molecule has 1 saturated heterocycles. The highest BCUT2D eigenvalue weighted by Gasteiger charge is 2.37. The monoisotopic (exact) mass is 424 g/mol. The van der Waals surface area contributed by atoms with E-state index in [0.29, 0.717) is 30.1 Å². The molecule has 0 amide bonds. The van der Waals surface area contributed by atoms with Crippen LogP contribution in [0.1, 0.15) is 25.3 Å². The average Bonchev–Trinajstić information content (AvgIpc) is 2.58. The Morgan fingerprint density at radius 1 is 1.43 bits per heavy atom. The van der Waals surface area contributed by atoms with E-state index in [-0.39, 0.29) is 0 Å². The smallest absolute Gasteiger partial charge is 0.416 e. The van der Waals surface area contributed by atoms with Gasteiger partial charge >= 0.3 is 12.8 Å². The molecule has 2 rings (SSSR count). The van der Waals surface area contributed by atoms with Gasteiger partial charge in [-0.15, -0.1) is 11.8 Å². The quantitative estimate of drug-likeness (QED) is 0.403. The maximum Gasteiger partial charge on any atom is 0.416 e. The van der Waals surface area contributed by atoms with E-state index in [1.165, 1.54) is 31.0 Å². The molecule has 1 aliphatic heterocycles. The van der Waals surface area contributed by atoms with Gasteiger partial charge in [-0.1, -0.05) is 6.07 Å². The summed E-state index contributed by atoms with van der Waals surface area (Å²) in [7, 11) is 1.47. The standard InChI is InChI=1S/C18H21F5N2O2S/c1-17(28-12-5-3-4-11(8-12)18(21,22)23)6-7-26-14(10-17)13(25-2)9-15(24)27-16(19)20/h3-5,8-9,14,16H,6-7,10,24H2,1-2H3. The van der Waals surface area contributed by atoms with Crippen LogP contribution in [0.5, 0.6) is 0 Å². The fraction of sp³-hybridized carbons (Fsp3) is 0.500. The molecular weight excluding hydrogens is 403 g/mol. The Morgan fingerprint density at radius 3 is 2.75 bits per heavy atom. The maximum absolute atomic E-state index is 12.9. The largest absolute Gasteiger partial charge is 0.420 e. The zero-order valence-electron chi connectivity index (χ0n) is 15.3. The molecule has 1 fully saturated rings. The topological polar surface area (TPSA) is 56.8 Å². The first-order valence-corrected chi connectivity index (χ1v) is 9.20. The summed E-state index contributed by atoms with van der Waals surface area (Å²) in [4.78, 5) is 4.52. The molecule has 156 valence electrons. The van der Waals surface area contributed by atoms with Gasteiger partial charge in [0.05, 0.1) is 11.3 Å². The summed E-state index contributed by atoms with van der Waals surface area (Å²) >= 11 is 1.32. The van der Waals surface area contributed by atoms with Crippen molar-refractivity contribution >= 4 is 17.5 Å². The van der Waals surface area contributed by atoms with E-state index in [1.807, 2.05) is 6.92 Å². The van der Waals surface area contributed by atoms with Gasteiger partial charge in [-0.25, -0.2) is 0 Å². The fourth-order valence-corrected chi connectivity index (χ4v) is 4.18. The van der Waals surface area contributed by atoms with Gasteiger partial charge in [0, 0.05) is 29.4 Å². The Kier molecular flexibility index (Phi) is 7.33. The van der Waals surface area contributed by atoms with Gasteiger partial charge in [0.25, 0.3) is 0 Å². The van der Waals surface area contributed by atoms with Crippen LogP contribution in [-0.4, -0.2) is 36.8 Å². The number of ether oxygens (including phenoxy) is 2. The van der Waals surface area contributed by atoms with Gasteiger partial charge in [0.2, 0.25) is 0 Å². The lowest BCUT2D eigenvalue weighted by atomic mass is 9.94. The lowest BCUT2D eigenvalue weighted by Crippen LogP contribution is -2.40. The number of thioether (sulfide) groups is 1. The minimum atomic E-state index is -4.41. The molecule has 1 aromatic carbocycles. The lowest BCUT2D eigenvalue weighted by molar-refractivity contribution is -0.137. The molecule has 28 heavy (non-hydrogen) atoms. The SMILES string of the molecule is CN=C(C=C(N)OC(F)F)C1CC(C)(Sc2cccc(C(F)(F)F)c2)CCO1. The first kappa shape index (κ1) is 22.5. The van der Waals surface area contributed by atoms with Crippen LogP contribution in [-0.2, 0) is 15.7 Å². The number of rotatable bonds is 6. The Hall–Kier alpha value is -1.81. The van der Waals surface area contributed by atoms with Crippen LogP contribution in [0.4, 0.5) is 22.0 Å². The van der Waals surface area contributed by atoms with Crippen molar-refractivity contribution in [2.45, 2.75) is 48.3 Å². The highest BCUT2D eigenvalue weighted by molar-refractivity contribution is 8.00. The van der Waals surface area contributed by atoms with Gasteiger partial charge < -0.3 is 15.2 Å². The highest BCUT2D eigenvalue weighted by Crippen LogP contribution is 2.43. The molecule has 0 bridgehead atoms. The van der Waals surface area contributed by atoms with Crippen LogP contribution >= 0.6 is 11.8 Å². The molecular formula is C18H21F5N2O2S. The summed E-state index contributed by atoms with van der Waals surface area (Å²) in [6.45, 7) is -0.789. The van der Waals surface area contributed by atoms with Crippen molar-refractivity contribution in [1.82, 2.24) is 0 Å². The van der Waals surface area contributed by atoms with Gasteiger partial charge in [0.1, 0.15) is 6.10 Å². The summed E-state index contributed by atoms with van der Waals surface area (Å²) in [5.74, 6) is -0.489. The van der Waals surface area contributed by atoms with Crippen molar-refractivity contribution in [2.24, 2.45) is 10.7 Å². The molecule has 0 spiro atoms. The molecule has 2 N–H and O–H groups in total. The lowest BCUT2D eigenvalue weighted by Gasteiger charge is -2.38. The molecule has 1 heterocycles. The minimum absolute atomic E-state index is 0.328. The number of alkyl halides is 5. The molecule has 1 aromatic rings. The molecule has 0 saturated carbocycles. The van der Waals surface area contributed by atoms with Crippen molar-refractivity contribution in [3.05, 3.63) is 41.8 Å². The third kappa shape index (κ3) is 6.37. The summed E-state index contributed by atoms with van der Waals surface area (Å²) < 4.78 is 72.7. The van der Waals surface area contributed by atoms with Crippen molar-refractivity contribution in [2.75, 3.05) is 13.7 Å². The number of hydrogen-bond acceptors (Lipinski definition) is 5. The summed E-state index contributed by atoms with van der Waals surface area (Å²) in [6.07, 6.45) is -2.75. The van der Waals surface area contributed by atoms with Gasteiger partial charge in [-0.2, -0.15) is 22.0 Å². The van der Waals surface area contributed by atoms with Crippen LogP contribution in [0.3, 0.4) is 0 Å². The third-order valence-electron chi connectivity index (χ3n) is 4.20. The molecule has 10 heteroatoms. The zero-order valence-corrected chi connectivity index (χ0v) is 16.1. The van der Waals surface area contributed by atoms with Gasteiger partial charge in [-0.3, -0.25) is 4.99 Å². The average molecular weight is 424 g/mol. The molecule has 2 unspecified atom stereocenters. The molecule has 0 radical (unpaired) electrons. The van der Waals surface area contributed by atoms with Crippen molar-refractivity contribution in [3.63, 3.8) is 0 Å². The number of benzene rings is 1. The highest BCUT2D eigenvalue weighted by atomic mass is 32.2. The van der Waals surface area contributed by atoms with E-state index >= 15 is 0 Å². The van der Waals surface area contributed by atoms with Crippen molar-refractivity contribution in [1.29, 1.82) is 0 Å². The molecule has 0 aromatic heterocycles. The molecule has 1 aliphatic rings. The van der Waals surface area contributed by atoms with Gasteiger partial charge in [-0.05, 0) is 38.0 Å².